The first kappa shape index (κ1) is 15.6. The van der Waals surface area contributed by atoms with Crippen molar-refractivity contribution < 1.29 is 9.53 Å². The molecule has 3 N–H and O–H groups in total. The summed E-state index contributed by atoms with van der Waals surface area (Å²) in [6.07, 6.45) is 3.43. The Balaban J connectivity index is 1.80. The normalized spacial score (nSPS) is 10.2. The van der Waals surface area contributed by atoms with E-state index in [1.807, 2.05) is 37.4 Å². The zero-order chi connectivity index (χ0) is 16.9. The average molecular weight is 322 g/mol. The maximum atomic E-state index is 11.6. The second kappa shape index (κ2) is 6.87. The number of aromatic amines is 1. The Bertz CT molecular complexity index is 840. The van der Waals surface area contributed by atoms with Crippen LogP contribution in [0.4, 0.5) is 5.69 Å². The highest BCUT2D eigenvalue weighted by Gasteiger charge is 2.09. The summed E-state index contributed by atoms with van der Waals surface area (Å²) in [4.78, 5) is 18.9. The molecule has 0 bridgehead atoms. The fraction of sp³-hybridized carbons (Fsp3) is 0.111. The van der Waals surface area contributed by atoms with E-state index in [1.165, 1.54) is 0 Å². The van der Waals surface area contributed by atoms with Crippen LogP contribution in [0.15, 0.2) is 54.9 Å². The molecule has 3 aromatic rings. The van der Waals surface area contributed by atoms with Gasteiger partial charge >= 0.3 is 0 Å². The van der Waals surface area contributed by atoms with E-state index in [0.717, 1.165) is 22.7 Å². The van der Waals surface area contributed by atoms with Crippen molar-refractivity contribution in [2.75, 3.05) is 19.4 Å². The fourth-order valence-corrected chi connectivity index (χ4v) is 2.27. The van der Waals surface area contributed by atoms with Gasteiger partial charge in [-0.3, -0.25) is 9.78 Å². The van der Waals surface area contributed by atoms with Crippen LogP contribution in [0.1, 0.15) is 10.5 Å². The standard InChI is InChI=1S/C18H18N4O2/c1-19-13-3-5-14(6-4-13)24-15-7-8-21-16(10-15)12-9-17(22-11-12)18(23)20-2/h3-11,19,22H,1-2H3,(H,20,23). The highest BCUT2D eigenvalue weighted by atomic mass is 16.5. The van der Waals surface area contributed by atoms with Crippen molar-refractivity contribution in [3.05, 3.63) is 60.6 Å². The summed E-state index contributed by atoms with van der Waals surface area (Å²) >= 11 is 0. The molecule has 0 atom stereocenters. The number of amides is 1. The lowest BCUT2D eigenvalue weighted by atomic mass is 10.2. The van der Waals surface area contributed by atoms with Gasteiger partial charge in [-0.15, -0.1) is 0 Å². The molecule has 0 saturated carbocycles. The minimum absolute atomic E-state index is 0.168. The topological polar surface area (TPSA) is 79.0 Å². The smallest absolute Gasteiger partial charge is 0.267 e. The van der Waals surface area contributed by atoms with Gasteiger partial charge in [-0.25, -0.2) is 0 Å². The summed E-state index contributed by atoms with van der Waals surface area (Å²) in [6, 6.07) is 13.1. The number of pyridine rings is 1. The van der Waals surface area contributed by atoms with E-state index in [4.69, 9.17) is 4.74 Å². The van der Waals surface area contributed by atoms with Gasteiger partial charge in [0, 0.05) is 43.8 Å². The van der Waals surface area contributed by atoms with E-state index < -0.39 is 0 Å². The molecule has 0 aliphatic heterocycles. The van der Waals surface area contributed by atoms with Crippen molar-refractivity contribution in [3.63, 3.8) is 0 Å². The molecule has 0 spiro atoms. The molecule has 2 heterocycles. The van der Waals surface area contributed by atoms with Crippen LogP contribution in [0.2, 0.25) is 0 Å². The molecule has 0 saturated heterocycles. The number of aromatic nitrogens is 2. The number of ether oxygens (including phenoxy) is 1. The van der Waals surface area contributed by atoms with Crippen LogP contribution in [0, 0.1) is 0 Å². The third kappa shape index (κ3) is 3.38. The molecule has 122 valence electrons. The molecular formula is C18H18N4O2. The first-order chi connectivity index (χ1) is 11.7. The quantitative estimate of drug-likeness (QED) is 0.673. The van der Waals surface area contributed by atoms with Crippen molar-refractivity contribution in [1.29, 1.82) is 0 Å². The van der Waals surface area contributed by atoms with E-state index in [9.17, 15) is 4.79 Å². The molecule has 6 heteroatoms. The van der Waals surface area contributed by atoms with E-state index in [2.05, 4.69) is 20.6 Å². The summed E-state index contributed by atoms with van der Waals surface area (Å²) in [5, 5.41) is 5.64. The highest BCUT2D eigenvalue weighted by Crippen LogP contribution is 2.26. The molecule has 0 radical (unpaired) electrons. The van der Waals surface area contributed by atoms with Gasteiger partial charge in [-0.2, -0.15) is 0 Å². The second-order valence-electron chi connectivity index (χ2n) is 5.13. The average Bonchev–Trinajstić information content (AvgIpc) is 3.12. The molecule has 6 nitrogen and oxygen atoms in total. The molecule has 2 aromatic heterocycles. The van der Waals surface area contributed by atoms with E-state index >= 15 is 0 Å². The number of nitrogens with one attached hydrogen (secondary N) is 3. The van der Waals surface area contributed by atoms with E-state index in [0.29, 0.717) is 11.4 Å². The number of hydrogen-bond acceptors (Lipinski definition) is 4. The summed E-state index contributed by atoms with van der Waals surface area (Å²) in [7, 11) is 3.46. The first-order valence-corrected chi connectivity index (χ1v) is 7.52. The highest BCUT2D eigenvalue weighted by molar-refractivity contribution is 5.93. The lowest BCUT2D eigenvalue weighted by Crippen LogP contribution is -2.17. The molecule has 1 aromatic carbocycles. The van der Waals surface area contributed by atoms with Crippen molar-refractivity contribution >= 4 is 11.6 Å². The Morgan fingerprint density at radius 3 is 2.58 bits per heavy atom. The van der Waals surface area contributed by atoms with Gasteiger partial charge in [0.1, 0.15) is 17.2 Å². The zero-order valence-electron chi connectivity index (χ0n) is 13.5. The van der Waals surface area contributed by atoms with Crippen molar-refractivity contribution in [1.82, 2.24) is 15.3 Å². The molecule has 0 aliphatic rings. The van der Waals surface area contributed by atoms with Gasteiger partial charge in [0.25, 0.3) is 5.91 Å². The van der Waals surface area contributed by atoms with Crippen molar-refractivity contribution in [2.24, 2.45) is 0 Å². The number of benzene rings is 1. The molecular weight excluding hydrogens is 304 g/mol. The summed E-state index contributed by atoms with van der Waals surface area (Å²) < 4.78 is 5.86. The monoisotopic (exact) mass is 322 g/mol. The van der Waals surface area contributed by atoms with Crippen LogP contribution >= 0.6 is 0 Å². The van der Waals surface area contributed by atoms with Gasteiger partial charge in [0.2, 0.25) is 0 Å². The molecule has 0 aliphatic carbocycles. The first-order valence-electron chi connectivity index (χ1n) is 7.52. The van der Waals surface area contributed by atoms with Gasteiger partial charge in [-0.1, -0.05) is 0 Å². The summed E-state index contributed by atoms with van der Waals surface area (Å²) in [5.74, 6) is 1.25. The molecule has 0 fully saturated rings. The minimum atomic E-state index is -0.168. The molecule has 1 amide bonds. The third-order valence-corrected chi connectivity index (χ3v) is 3.56. The predicted molar refractivity (Wildman–Crippen MR) is 93.5 cm³/mol. The summed E-state index contributed by atoms with van der Waals surface area (Å²) in [5.41, 5.74) is 3.06. The van der Waals surface area contributed by atoms with Crippen LogP contribution in [-0.4, -0.2) is 30.0 Å². The number of rotatable bonds is 5. The van der Waals surface area contributed by atoms with Crippen molar-refractivity contribution in [2.45, 2.75) is 0 Å². The predicted octanol–water partition coefficient (Wildman–Crippen LogP) is 3.27. The second-order valence-corrected chi connectivity index (χ2v) is 5.13. The lowest BCUT2D eigenvalue weighted by Gasteiger charge is -2.07. The summed E-state index contributed by atoms with van der Waals surface area (Å²) in [6.45, 7) is 0. The molecule has 0 unspecified atom stereocenters. The lowest BCUT2D eigenvalue weighted by molar-refractivity contribution is 0.0959. The number of nitrogens with zero attached hydrogens (tertiary/aromatic N) is 1. The number of anilines is 1. The van der Waals surface area contributed by atoms with E-state index in [1.54, 1.807) is 31.6 Å². The zero-order valence-corrected chi connectivity index (χ0v) is 13.5. The minimum Gasteiger partial charge on any atom is -0.457 e. The Hall–Kier alpha value is -3.28. The van der Waals surface area contributed by atoms with Crippen LogP contribution in [-0.2, 0) is 0 Å². The Kier molecular flexibility index (Phi) is 4.47. The van der Waals surface area contributed by atoms with Crippen LogP contribution in [0.5, 0.6) is 11.5 Å². The number of carbonyl (C=O) groups excluding carboxylic acids is 1. The van der Waals surface area contributed by atoms with E-state index in [-0.39, 0.29) is 5.91 Å². The molecule has 24 heavy (non-hydrogen) atoms. The number of hydrogen-bond donors (Lipinski definition) is 3. The van der Waals surface area contributed by atoms with Gasteiger partial charge in [-0.05, 0) is 36.4 Å². The van der Waals surface area contributed by atoms with Crippen LogP contribution in [0.25, 0.3) is 11.3 Å². The SMILES string of the molecule is CNC(=O)c1cc(-c2cc(Oc3ccc(NC)cc3)ccn2)c[nH]1. The maximum absolute atomic E-state index is 11.6. The fourth-order valence-electron chi connectivity index (χ4n) is 2.27. The van der Waals surface area contributed by atoms with Crippen molar-refractivity contribution in [3.8, 4) is 22.8 Å². The molecule has 3 rings (SSSR count). The Morgan fingerprint density at radius 2 is 1.88 bits per heavy atom. The Labute approximate surface area is 139 Å². The Morgan fingerprint density at radius 1 is 1.08 bits per heavy atom. The number of carbonyl (C=O) groups is 1. The van der Waals surface area contributed by atoms with Crippen LogP contribution < -0.4 is 15.4 Å². The third-order valence-electron chi connectivity index (χ3n) is 3.56. The van der Waals surface area contributed by atoms with Gasteiger partial charge in [0.15, 0.2) is 0 Å². The van der Waals surface area contributed by atoms with Gasteiger partial charge in [0.05, 0.1) is 5.69 Å². The largest absolute Gasteiger partial charge is 0.457 e. The van der Waals surface area contributed by atoms with Crippen LogP contribution in [0.3, 0.4) is 0 Å². The van der Waals surface area contributed by atoms with Gasteiger partial charge < -0.3 is 20.4 Å². The number of H-pyrrole nitrogens is 1. The maximum Gasteiger partial charge on any atom is 0.267 e.